The maximum Gasteiger partial charge on any atom is 0.338 e. The Hall–Kier alpha value is -3.68. The molecule has 2 aromatic rings. The average Bonchev–Trinajstić information content (AvgIpc) is 2.93. The normalized spacial score (nSPS) is 10.9. The summed E-state index contributed by atoms with van der Waals surface area (Å²) in [5, 5.41) is 0. The quantitative estimate of drug-likeness (QED) is 0.0779. The van der Waals surface area contributed by atoms with Crippen molar-refractivity contribution in [3.63, 3.8) is 0 Å². The van der Waals surface area contributed by atoms with Crippen molar-refractivity contribution in [3.05, 3.63) is 53.6 Å². The lowest BCUT2D eigenvalue weighted by Crippen LogP contribution is -2.08. The Labute approximate surface area is 239 Å². The van der Waals surface area contributed by atoms with Crippen LogP contribution in [0.4, 0.5) is 11.4 Å². The monoisotopic (exact) mass is 554 g/mol. The third-order valence-electron chi connectivity index (χ3n) is 6.12. The van der Waals surface area contributed by atoms with Crippen molar-refractivity contribution in [2.45, 2.75) is 78.1 Å². The second-order valence-corrected chi connectivity index (χ2v) is 9.76. The summed E-state index contributed by atoms with van der Waals surface area (Å²) < 4.78 is 22.5. The molecule has 2 rings (SSSR count). The van der Waals surface area contributed by atoms with Crippen LogP contribution in [-0.2, 0) is 14.3 Å². The van der Waals surface area contributed by atoms with Crippen molar-refractivity contribution in [1.29, 1.82) is 0 Å². The van der Waals surface area contributed by atoms with Crippen LogP contribution in [0.25, 0.3) is 6.08 Å². The van der Waals surface area contributed by atoms with Gasteiger partial charge >= 0.3 is 11.9 Å². The first-order valence-corrected chi connectivity index (χ1v) is 14.5. The van der Waals surface area contributed by atoms with E-state index in [1.54, 1.807) is 24.3 Å². The summed E-state index contributed by atoms with van der Waals surface area (Å²) in [5.41, 5.74) is 13.5. The predicted molar refractivity (Wildman–Crippen MR) is 160 cm³/mol. The van der Waals surface area contributed by atoms with Crippen molar-refractivity contribution in [1.82, 2.24) is 0 Å². The lowest BCUT2D eigenvalue weighted by molar-refractivity contribution is -0.137. The highest BCUT2D eigenvalue weighted by atomic mass is 16.5. The molecule has 220 valence electrons. The van der Waals surface area contributed by atoms with Gasteiger partial charge in [0.2, 0.25) is 0 Å². The molecular formula is C32H46N2O6. The standard InChI is InChI=1S/C32H46N2O6/c1-3-5-9-17-37-29-15-13-25(21-30(29)38-18-10-6-4-2)14-16-31(35)39-19-11-7-8-12-20-40-32(36)26-22-27(33)24-28(34)23-26/h13-16,21-24H,3-12,17-20,33-34H2,1-2H3/b16-14+. The number of benzene rings is 2. The van der Waals surface area contributed by atoms with Gasteiger partial charge in [0.25, 0.3) is 0 Å². The SMILES string of the molecule is CCCCCOc1ccc(/C=C/C(=O)OCCCCCCOC(=O)c2cc(N)cc(N)c2)cc1OCCCCC. The molecule has 0 aromatic heterocycles. The van der Waals surface area contributed by atoms with Crippen LogP contribution in [0.3, 0.4) is 0 Å². The van der Waals surface area contributed by atoms with E-state index in [4.69, 9.17) is 30.4 Å². The fraction of sp³-hybridized carbons (Fsp3) is 0.500. The van der Waals surface area contributed by atoms with E-state index in [0.717, 1.165) is 75.5 Å². The molecule has 4 N–H and O–H groups in total. The van der Waals surface area contributed by atoms with Gasteiger partial charge in [0.05, 0.1) is 32.0 Å². The second-order valence-electron chi connectivity index (χ2n) is 9.76. The van der Waals surface area contributed by atoms with E-state index < -0.39 is 5.97 Å². The summed E-state index contributed by atoms with van der Waals surface area (Å²) in [5.74, 6) is 0.604. The zero-order valence-electron chi connectivity index (χ0n) is 24.1. The van der Waals surface area contributed by atoms with Crippen LogP contribution in [0.15, 0.2) is 42.5 Å². The topological polar surface area (TPSA) is 123 Å². The van der Waals surface area contributed by atoms with Gasteiger partial charge in [-0.1, -0.05) is 45.6 Å². The number of nitrogens with two attached hydrogens (primary N) is 2. The molecule has 0 amide bonds. The molecule has 0 unspecified atom stereocenters. The van der Waals surface area contributed by atoms with Gasteiger partial charge in [-0.2, -0.15) is 0 Å². The van der Waals surface area contributed by atoms with Crippen molar-refractivity contribution >= 4 is 29.4 Å². The Morgan fingerprint density at radius 1 is 0.675 bits per heavy atom. The third-order valence-corrected chi connectivity index (χ3v) is 6.12. The molecule has 0 aliphatic heterocycles. The molecular weight excluding hydrogens is 508 g/mol. The molecule has 0 atom stereocenters. The number of carbonyl (C=O) groups is 2. The summed E-state index contributed by atoms with van der Waals surface area (Å²) in [6, 6.07) is 10.4. The number of nitrogen functional groups attached to an aromatic ring is 2. The van der Waals surface area contributed by atoms with Crippen LogP contribution >= 0.6 is 0 Å². The van der Waals surface area contributed by atoms with E-state index in [-0.39, 0.29) is 5.97 Å². The van der Waals surface area contributed by atoms with Crippen LogP contribution in [0.1, 0.15) is 94.0 Å². The summed E-state index contributed by atoms with van der Waals surface area (Å²) in [7, 11) is 0. The molecule has 0 saturated heterocycles. The number of carbonyl (C=O) groups excluding carboxylic acids is 2. The molecule has 40 heavy (non-hydrogen) atoms. The molecule has 2 aromatic carbocycles. The minimum atomic E-state index is -0.441. The predicted octanol–water partition coefficient (Wildman–Crippen LogP) is 6.96. The molecule has 0 aliphatic rings. The fourth-order valence-electron chi connectivity index (χ4n) is 3.91. The Morgan fingerprint density at radius 3 is 1.88 bits per heavy atom. The molecule has 0 radical (unpaired) electrons. The number of hydrogen-bond donors (Lipinski definition) is 2. The minimum absolute atomic E-state index is 0.308. The van der Waals surface area contributed by atoms with Crippen molar-refractivity contribution in [3.8, 4) is 11.5 Å². The van der Waals surface area contributed by atoms with Gasteiger partial charge in [0.15, 0.2) is 11.5 Å². The van der Waals surface area contributed by atoms with Crippen molar-refractivity contribution < 1.29 is 28.5 Å². The third kappa shape index (κ3) is 13.4. The lowest BCUT2D eigenvalue weighted by Gasteiger charge is -2.13. The van der Waals surface area contributed by atoms with Crippen LogP contribution in [0.5, 0.6) is 11.5 Å². The first-order chi connectivity index (χ1) is 19.4. The smallest absolute Gasteiger partial charge is 0.338 e. The first-order valence-electron chi connectivity index (χ1n) is 14.5. The number of hydrogen-bond acceptors (Lipinski definition) is 8. The van der Waals surface area contributed by atoms with E-state index in [2.05, 4.69) is 13.8 Å². The van der Waals surface area contributed by atoms with Gasteiger partial charge in [-0.25, -0.2) is 9.59 Å². The largest absolute Gasteiger partial charge is 0.490 e. The number of ether oxygens (including phenoxy) is 4. The van der Waals surface area contributed by atoms with Crippen LogP contribution in [0.2, 0.25) is 0 Å². The Morgan fingerprint density at radius 2 is 1.25 bits per heavy atom. The van der Waals surface area contributed by atoms with Gasteiger partial charge in [-0.05, 0) is 80.5 Å². The fourth-order valence-corrected chi connectivity index (χ4v) is 3.91. The summed E-state index contributed by atoms with van der Waals surface area (Å²) in [6.45, 7) is 6.26. The van der Waals surface area contributed by atoms with E-state index in [0.29, 0.717) is 49.1 Å². The second kappa shape index (κ2) is 19.4. The summed E-state index contributed by atoms with van der Waals surface area (Å²) in [6.07, 6.45) is 12.8. The highest BCUT2D eigenvalue weighted by Gasteiger charge is 2.09. The number of rotatable bonds is 20. The molecule has 0 fully saturated rings. The Bertz CT molecular complexity index is 1050. The number of esters is 2. The van der Waals surface area contributed by atoms with Crippen LogP contribution < -0.4 is 20.9 Å². The maximum absolute atomic E-state index is 12.2. The molecule has 0 bridgehead atoms. The molecule has 8 heteroatoms. The van der Waals surface area contributed by atoms with Gasteiger partial charge in [-0.3, -0.25) is 0 Å². The van der Waals surface area contributed by atoms with E-state index in [9.17, 15) is 9.59 Å². The Balaban J connectivity index is 1.68. The van der Waals surface area contributed by atoms with Gasteiger partial charge in [-0.15, -0.1) is 0 Å². The van der Waals surface area contributed by atoms with Gasteiger partial charge < -0.3 is 30.4 Å². The number of unbranched alkanes of at least 4 members (excludes halogenated alkanes) is 7. The maximum atomic E-state index is 12.2. The van der Waals surface area contributed by atoms with Crippen molar-refractivity contribution in [2.75, 3.05) is 37.9 Å². The van der Waals surface area contributed by atoms with Gasteiger partial charge in [0, 0.05) is 17.5 Å². The van der Waals surface area contributed by atoms with Crippen LogP contribution in [-0.4, -0.2) is 38.4 Å². The average molecular weight is 555 g/mol. The highest BCUT2D eigenvalue weighted by molar-refractivity contribution is 5.91. The van der Waals surface area contributed by atoms with E-state index in [1.807, 2.05) is 18.2 Å². The summed E-state index contributed by atoms with van der Waals surface area (Å²) >= 11 is 0. The van der Waals surface area contributed by atoms with E-state index >= 15 is 0 Å². The zero-order valence-corrected chi connectivity index (χ0v) is 24.1. The molecule has 0 aliphatic carbocycles. The lowest BCUT2D eigenvalue weighted by atomic mass is 10.2. The van der Waals surface area contributed by atoms with Gasteiger partial charge in [0.1, 0.15) is 0 Å². The molecule has 0 saturated carbocycles. The first kappa shape index (κ1) is 32.5. The Kier molecular flexibility index (Phi) is 15.8. The van der Waals surface area contributed by atoms with Crippen molar-refractivity contribution in [2.24, 2.45) is 0 Å². The number of anilines is 2. The minimum Gasteiger partial charge on any atom is -0.490 e. The van der Waals surface area contributed by atoms with Crippen LogP contribution in [0, 0.1) is 0 Å². The molecule has 8 nitrogen and oxygen atoms in total. The van der Waals surface area contributed by atoms with E-state index in [1.165, 1.54) is 6.08 Å². The molecule has 0 spiro atoms. The zero-order chi connectivity index (χ0) is 29.0. The summed E-state index contributed by atoms with van der Waals surface area (Å²) in [4.78, 5) is 24.3. The highest BCUT2D eigenvalue weighted by Crippen LogP contribution is 2.29. The molecule has 0 heterocycles.